The molecule has 0 aromatic carbocycles. The molecule has 3 rings (SSSR count). The fourth-order valence-electron chi connectivity index (χ4n) is 4.06. The van der Waals surface area contributed by atoms with E-state index in [1.807, 2.05) is 13.8 Å². The Morgan fingerprint density at radius 1 is 1.20 bits per heavy atom. The lowest BCUT2D eigenvalue weighted by molar-refractivity contribution is -0.156. The van der Waals surface area contributed by atoms with Crippen molar-refractivity contribution in [1.29, 1.82) is 0 Å². The zero-order chi connectivity index (χ0) is 18.2. The van der Waals surface area contributed by atoms with E-state index in [9.17, 15) is 14.7 Å². The average molecular weight is 346 g/mol. The van der Waals surface area contributed by atoms with Gasteiger partial charge in [-0.1, -0.05) is 0 Å². The van der Waals surface area contributed by atoms with Crippen LogP contribution in [0.5, 0.6) is 0 Å². The minimum atomic E-state index is -0.565. The van der Waals surface area contributed by atoms with Crippen molar-refractivity contribution in [3.8, 4) is 0 Å². The number of piperidine rings is 2. The highest BCUT2D eigenvalue weighted by Crippen LogP contribution is 2.45. The lowest BCUT2D eigenvalue weighted by Gasteiger charge is -2.55. The van der Waals surface area contributed by atoms with E-state index < -0.39 is 11.6 Å². The minimum Gasteiger partial charge on any atom is -0.391 e. The second-order valence-electron chi connectivity index (χ2n) is 7.84. The maximum absolute atomic E-state index is 12.5. The fraction of sp³-hybridized carbons (Fsp3) is 0.667. The molecule has 1 N–H and O–H groups in total. The van der Waals surface area contributed by atoms with Gasteiger partial charge in [-0.2, -0.15) is 0 Å². The van der Waals surface area contributed by atoms with Crippen LogP contribution < -0.4 is 0 Å². The Labute approximate surface area is 148 Å². The molecule has 7 nitrogen and oxygen atoms in total. The first-order chi connectivity index (χ1) is 11.8. The zero-order valence-electron chi connectivity index (χ0n) is 15.1. The number of hydrogen-bond donors (Lipinski definition) is 1. The first-order valence-corrected chi connectivity index (χ1v) is 8.78. The van der Waals surface area contributed by atoms with Crippen LogP contribution in [0.2, 0.25) is 0 Å². The predicted octanol–water partition coefficient (Wildman–Crippen LogP) is 1.09. The molecule has 2 saturated heterocycles. The number of aliphatic hydroxyl groups excluding tert-OH is 1. The molecular formula is C18H26N4O3. The number of carbonyl (C=O) groups is 2. The minimum absolute atomic E-state index is 0.0145. The molecule has 0 bridgehead atoms. The Morgan fingerprint density at radius 2 is 1.80 bits per heavy atom. The fourth-order valence-corrected chi connectivity index (χ4v) is 4.06. The second kappa shape index (κ2) is 6.37. The van der Waals surface area contributed by atoms with Crippen LogP contribution in [0, 0.1) is 5.41 Å². The smallest absolute Gasteiger partial charge is 0.291 e. The van der Waals surface area contributed by atoms with Crippen LogP contribution >= 0.6 is 0 Å². The van der Waals surface area contributed by atoms with Crippen molar-refractivity contribution in [2.24, 2.45) is 5.41 Å². The highest BCUT2D eigenvalue weighted by Gasteiger charge is 2.50. The summed E-state index contributed by atoms with van der Waals surface area (Å²) in [6.07, 6.45) is 4.76. The van der Waals surface area contributed by atoms with E-state index in [0.29, 0.717) is 26.1 Å². The first kappa shape index (κ1) is 17.8. The first-order valence-electron chi connectivity index (χ1n) is 8.78. The third-order valence-electron chi connectivity index (χ3n) is 5.88. The van der Waals surface area contributed by atoms with Crippen LogP contribution in [-0.4, -0.2) is 68.0 Å². The summed E-state index contributed by atoms with van der Waals surface area (Å²) < 4.78 is 0. The lowest BCUT2D eigenvalue weighted by Crippen LogP contribution is -2.64. The summed E-state index contributed by atoms with van der Waals surface area (Å²) in [6, 6.07) is 1.68. The highest BCUT2D eigenvalue weighted by atomic mass is 16.3. The number of aromatic nitrogens is 2. The standard InChI is InChI=1S/C18H26N4O3/c1-13(23)22-12-18(11-14(24)17(22,2)3)5-9-21(10-6-18)16(25)15-19-7-4-8-20-15/h4,7-8,14,24H,5-6,9-12H2,1-3H3. The lowest BCUT2D eigenvalue weighted by atomic mass is 9.67. The van der Waals surface area contributed by atoms with Gasteiger partial charge < -0.3 is 14.9 Å². The number of rotatable bonds is 1. The zero-order valence-corrected chi connectivity index (χ0v) is 15.1. The van der Waals surface area contributed by atoms with Gasteiger partial charge in [-0.25, -0.2) is 9.97 Å². The van der Waals surface area contributed by atoms with Crippen LogP contribution in [0.3, 0.4) is 0 Å². The van der Waals surface area contributed by atoms with E-state index in [2.05, 4.69) is 9.97 Å². The molecule has 1 aromatic rings. The molecule has 0 radical (unpaired) electrons. The molecule has 1 unspecified atom stereocenters. The van der Waals surface area contributed by atoms with Gasteiger partial charge in [0.05, 0.1) is 11.6 Å². The Kier molecular flexibility index (Phi) is 4.53. The molecule has 2 aliphatic heterocycles. The van der Waals surface area contributed by atoms with Crippen molar-refractivity contribution in [1.82, 2.24) is 19.8 Å². The number of hydrogen-bond acceptors (Lipinski definition) is 5. The summed E-state index contributed by atoms with van der Waals surface area (Å²) in [4.78, 5) is 36.2. The Hall–Kier alpha value is -2.02. The highest BCUT2D eigenvalue weighted by molar-refractivity contribution is 5.90. The molecule has 1 aromatic heterocycles. The molecule has 1 atom stereocenters. The Morgan fingerprint density at radius 3 is 2.36 bits per heavy atom. The quantitative estimate of drug-likeness (QED) is 0.823. The van der Waals surface area contributed by atoms with E-state index in [4.69, 9.17) is 0 Å². The van der Waals surface area contributed by atoms with Gasteiger partial charge in [0.15, 0.2) is 0 Å². The molecule has 2 aliphatic rings. The van der Waals surface area contributed by atoms with Crippen molar-refractivity contribution >= 4 is 11.8 Å². The van der Waals surface area contributed by atoms with Crippen molar-refractivity contribution in [2.75, 3.05) is 19.6 Å². The van der Waals surface area contributed by atoms with Crippen LogP contribution in [0.4, 0.5) is 0 Å². The SMILES string of the molecule is CC(=O)N1CC2(CCN(C(=O)c3ncccn3)CC2)CC(O)C1(C)C. The van der Waals surface area contributed by atoms with E-state index in [1.165, 1.54) is 0 Å². The van der Waals surface area contributed by atoms with Gasteiger partial charge in [-0.3, -0.25) is 9.59 Å². The van der Waals surface area contributed by atoms with Gasteiger partial charge in [0.1, 0.15) is 0 Å². The van der Waals surface area contributed by atoms with Crippen molar-refractivity contribution in [2.45, 2.75) is 51.7 Å². The normalized spacial score (nSPS) is 25.0. The summed E-state index contributed by atoms with van der Waals surface area (Å²) >= 11 is 0. The van der Waals surface area contributed by atoms with E-state index in [1.54, 1.807) is 35.2 Å². The van der Waals surface area contributed by atoms with Crippen LogP contribution in [-0.2, 0) is 4.79 Å². The summed E-state index contributed by atoms with van der Waals surface area (Å²) in [5.41, 5.74) is -0.684. The van der Waals surface area contributed by atoms with Gasteiger partial charge in [0.2, 0.25) is 11.7 Å². The van der Waals surface area contributed by atoms with Crippen molar-refractivity contribution in [3.05, 3.63) is 24.3 Å². The van der Waals surface area contributed by atoms with Crippen LogP contribution in [0.15, 0.2) is 18.5 Å². The molecule has 3 heterocycles. The summed E-state index contributed by atoms with van der Waals surface area (Å²) in [5, 5.41) is 10.6. The maximum Gasteiger partial charge on any atom is 0.291 e. The molecule has 0 saturated carbocycles. The topological polar surface area (TPSA) is 86.6 Å². The van der Waals surface area contributed by atoms with Gasteiger partial charge in [0, 0.05) is 39.0 Å². The van der Waals surface area contributed by atoms with E-state index >= 15 is 0 Å². The van der Waals surface area contributed by atoms with E-state index in [-0.39, 0.29) is 23.1 Å². The Bertz CT molecular complexity index is 654. The largest absolute Gasteiger partial charge is 0.391 e. The molecule has 1 spiro atoms. The molecular weight excluding hydrogens is 320 g/mol. The summed E-state index contributed by atoms with van der Waals surface area (Å²) in [7, 11) is 0. The second-order valence-corrected chi connectivity index (χ2v) is 7.84. The summed E-state index contributed by atoms with van der Waals surface area (Å²) in [6.45, 7) is 7.20. The Balaban J connectivity index is 1.71. The third-order valence-corrected chi connectivity index (χ3v) is 5.88. The maximum atomic E-state index is 12.5. The van der Waals surface area contributed by atoms with Gasteiger partial charge >= 0.3 is 0 Å². The molecule has 2 fully saturated rings. The van der Waals surface area contributed by atoms with Crippen LogP contribution in [0.25, 0.3) is 0 Å². The third kappa shape index (κ3) is 3.25. The number of amides is 2. The molecule has 2 amide bonds. The number of carbonyl (C=O) groups excluding carboxylic acids is 2. The van der Waals surface area contributed by atoms with Crippen molar-refractivity contribution in [3.63, 3.8) is 0 Å². The summed E-state index contributed by atoms with van der Waals surface area (Å²) in [5.74, 6) is 0.0449. The molecule has 25 heavy (non-hydrogen) atoms. The predicted molar refractivity (Wildman–Crippen MR) is 91.7 cm³/mol. The van der Waals surface area contributed by atoms with Gasteiger partial charge in [0.25, 0.3) is 5.91 Å². The van der Waals surface area contributed by atoms with E-state index in [0.717, 1.165) is 12.8 Å². The van der Waals surface area contributed by atoms with Gasteiger partial charge in [-0.05, 0) is 44.6 Å². The van der Waals surface area contributed by atoms with Crippen molar-refractivity contribution < 1.29 is 14.7 Å². The monoisotopic (exact) mass is 346 g/mol. The molecule has 136 valence electrons. The number of likely N-dealkylation sites (tertiary alicyclic amines) is 2. The number of nitrogens with zero attached hydrogens (tertiary/aromatic N) is 4. The molecule has 7 heteroatoms. The van der Waals surface area contributed by atoms with Gasteiger partial charge in [-0.15, -0.1) is 0 Å². The molecule has 0 aliphatic carbocycles. The number of aliphatic hydroxyl groups is 1. The van der Waals surface area contributed by atoms with Crippen LogP contribution in [0.1, 0.15) is 50.7 Å². The average Bonchev–Trinajstić information content (AvgIpc) is 2.59.